The Morgan fingerprint density at radius 1 is 1.18 bits per heavy atom. The molecule has 1 aliphatic rings. The van der Waals surface area contributed by atoms with Crippen LogP contribution in [-0.4, -0.2) is 25.6 Å². The second-order valence-corrected chi connectivity index (χ2v) is 9.21. The second-order valence-electron chi connectivity index (χ2n) is 7.90. The average Bonchev–Trinajstić information content (AvgIpc) is 3.16. The van der Waals surface area contributed by atoms with E-state index in [-0.39, 0.29) is 0 Å². The number of carbonyl (C=O) groups is 1. The number of aromatic nitrogens is 2. The molecular weight excluding hydrogens is 469 g/mol. The van der Waals surface area contributed by atoms with Crippen molar-refractivity contribution in [1.82, 2.24) is 9.55 Å². The van der Waals surface area contributed by atoms with Gasteiger partial charge in [0.1, 0.15) is 0 Å². The number of carbonyl (C=O) groups excluding carboxylic acids is 1. The molecule has 11 heteroatoms. The third-order valence-corrected chi connectivity index (χ3v) is 6.60. The van der Waals surface area contributed by atoms with Gasteiger partial charge in [-0.25, -0.2) is 4.98 Å². The van der Waals surface area contributed by atoms with Crippen LogP contribution in [-0.2, 0) is 23.8 Å². The number of rotatable bonds is 6. The van der Waals surface area contributed by atoms with E-state index in [1.165, 1.54) is 0 Å². The van der Waals surface area contributed by atoms with Gasteiger partial charge in [0, 0.05) is 23.5 Å². The number of para-hydroxylation sites is 1. The van der Waals surface area contributed by atoms with Crippen molar-refractivity contribution in [2.24, 2.45) is 0 Å². The summed E-state index contributed by atoms with van der Waals surface area (Å²) in [5.74, 6) is -0.662. The third-order valence-electron chi connectivity index (χ3n) is 5.55. The Balaban J connectivity index is 1.60. The van der Waals surface area contributed by atoms with Crippen LogP contribution in [0.3, 0.4) is 0 Å². The number of hydrogen-bond donors (Lipinski definition) is 1. The van der Waals surface area contributed by atoms with E-state index in [4.69, 9.17) is 4.98 Å². The first-order valence-electron chi connectivity index (χ1n) is 10.6. The molecule has 0 saturated carbocycles. The van der Waals surface area contributed by atoms with E-state index in [0.29, 0.717) is 11.2 Å². The van der Waals surface area contributed by atoms with Crippen LogP contribution in [0.4, 0.5) is 24.5 Å². The summed E-state index contributed by atoms with van der Waals surface area (Å²) in [5.41, 5.74) is 0.461. The van der Waals surface area contributed by atoms with Gasteiger partial charge in [-0.3, -0.25) is 19.5 Å². The molecule has 0 bridgehead atoms. The molecule has 1 atom stereocenters. The molecule has 2 aromatic carbocycles. The van der Waals surface area contributed by atoms with Crippen LogP contribution in [0.2, 0.25) is 0 Å². The molecule has 178 valence electrons. The molecule has 34 heavy (non-hydrogen) atoms. The summed E-state index contributed by atoms with van der Waals surface area (Å²) in [4.78, 5) is 27.6. The average molecular weight is 491 g/mol. The number of nitro benzene ring substituents is 1. The Kier molecular flexibility index (Phi) is 6.65. The van der Waals surface area contributed by atoms with Crippen LogP contribution in [0.5, 0.6) is 0 Å². The number of alkyl halides is 3. The molecular formula is C23H21F3N4O3S. The van der Waals surface area contributed by atoms with Crippen LogP contribution < -0.4 is 5.32 Å². The number of imidazole rings is 1. The summed E-state index contributed by atoms with van der Waals surface area (Å²) in [6.45, 7) is 1.58. The van der Waals surface area contributed by atoms with Crippen molar-refractivity contribution >= 4 is 29.0 Å². The molecule has 1 amide bonds. The molecule has 1 aromatic heterocycles. The number of halogens is 3. The van der Waals surface area contributed by atoms with Crippen molar-refractivity contribution in [2.75, 3.05) is 5.32 Å². The monoisotopic (exact) mass is 490 g/mol. The summed E-state index contributed by atoms with van der Waals surface area (Å²) in [6, 6.07) is 11.8. The fraction of sp³-hybridized carbons (Fsp3) is 0.304. The zero-order valence-corrected chi connectivity index (χ0v) is 18.9. The lowest BCUT2D eigenvalue weighted by Crippen LogP contribution is -2.24. The number of aryl methyl sites for hydroxylation is 1. The molecule has 4 rings (SSSR count). The lowest BCUT2D eigenvalue weighted by molar-refractivity contribution is -0.385. The summed E-state index contributed by atoms with van der Waals surface area (Å²) in [5, 5.41) is 13.0. The Morgan fingerprint density at radius 2 is 1.88 bits per heavy atom. The summed E-state index contributed by atoms with van der Waals surface area (Å²) >= 11 is 1.16. The number of thioether (sulfide) groups is 1. The van der Waals surface area contributed by atoms with Crippen molar-refractivity contribution < 1.29 is 22.9 Å². The molecule has 1 aliphatic carbocycles. The van der Waals surface area contributed by atoms with Gasteiger partial charge in [-0.05, 0) is 50.8 Å². The summed E-state index contributed by atoms with van der Waals surface area (Å²) < 4.78 is 42.4. The molecule has 1 N–H and O–H groups in total. The van der Waals surface area contributed by atoms with Crippen LogP contribution >= 0.6 is 11.8 Å². The zero-order valence-electron chi connectivity index (χ0n) is 18.1. The van der Waals surface area contributed by atoms with E-state index >= 15 is 0 Å². The van der Waals surface area contributed by atoms with Gasteiger partial charge < -0.3 is 5.32 Å². The number of hydrogen-bond acceptors (Lipinski definition) is 5. The smallest absolute Gasteiger partial charge is 0.325 e. The van der Waals surface area contributed by atoms with Gasteiger partial charge in [-0.2, -0.15) is 13.2 Å². The zero-order chi connectivity index (χ0) is 24.5. The van der Waals surface area contributed by atoms with E-state index in [1.54, 1.807) is 6.92 Å². The molecule has 1 heterocycles. The third kappa shape index (κ3) is 4.93. The van der Waals surface area contributed by atoms with Gasteiger partial charge >= 0.3 is 6.18 Å². The largest absolute Gasteiger partial charge is 0.418 e. The highest BCUT2D eigenvalue weighted by molar-refractivity contribution is 8.00. The van der Waals surface area contributed by atoms with Crippen LogP contribution in [0.1, 0.15) is 36.7 Å². The van der Waals surface area contributed by atoms with E-state index < -0.39 is 39.2 Å². The molecule has 0 fully saturated rings. The van der Waals surface area contributed by atoms with Crippen molar-refractivity contribution in [2.45, 2.75) is 49.2 Å². The number of non-ortho nitro benzene ring substituents is 1. The Labute approximate surface area is 197 Å². The van der Waals surface area contributed by atoms with E-state index in [2.05, 4.69) is 5.32 Å². The Bertz CT molecular complexity index is 1230. The van der Waals surface area contributed by atoms with Gasteiger partial charge in [0.15, 0.2) is 5.16 Å². The fourth-order valence-electron chi connectivity index (χ4n) is 3.87. The normalized spacial score (nSPS) is 14.4. The Morgan fingerprint density at radius 3 is 2.56 bits per heavy atom. The SMILES string of the molecule is CC(Sc1nc2c(n1-c1ccccc1)CCCC2)C(=O)Nc1ccc([N+](=O)[O-])cc1C(F)(F)F. The second kappa shape index (κ2) is 9.49. The lowest BCUT2D eigenvalue weighted by atomic mass is 10.0. The molecule has 7 nitrogen and oxygen atoms in total. The van der Waals surface area contributed by atoms with Gasteiger partial charge in [-0.15, -0.1) is 0 Å². The standard InChI is InChI=1S/C23H21F3N4O3S/c1-14(21(31)27-18-12-11-16(30(32)33)13-17(18)23(24,25)26)34-22-28-19-9-5-6-10-20(19)29(22)15-7-3-2-4-8-15/h2-4,7-8,11-14H,5-6,9-10H2,1H3,(H,27,31). The van der Waals surface area contributed by atoms with Gasteiger partial charge in [0.25, 0.3) is 5.69 Å². The topological polar surface area (TPSA) is 90.1 Å². The van der Waals surface area contributed by atoms with Gasteiger partial charge in [0.2, 0.25) is 5.91 Å². The number of anilines is 1. The minimum Gasteiger partial charge on any atom is -0.325 e. The van der Waals surface area contributed by atoms with E-state index in [9.17, 15) is 28.1 Å². The van der Waals surface area contributed by atoms with Crippen LogP contribution in [0, 0.1) is 10.1 Å². The van der Waals surface area contributed by atoms with E-state index in [0.717, 1.165) is 66.7 Å². The quantitative estimate of drug-likeness (QED) is 0.268. The van der Waals surface area contributed by atoms with Gasteiger partial charge in [-0.1, -0.05) is 30.0 Å². The minimum atomic E-state index is -4.87. The highest BCUT2D eigenvalue weighted by Crippen LogP contribution is 2.38. The van der Waals surface area contributed by atoms with Crippen LogP contribution in [0.25, 0.3) is 5.69 Å². The van der Waals surface area contributed by atoms with E-state index in [1.807, 2.05) is 34.9 Å². The Hall–Kier alpha value is -3.34. The first-order chi connectivity index (χ1) is 16.1. The first kappa shape index (κ1) is 23.8. The maximum Gasteiger partial charge on any atom is 0.418 e. The maximum atomic E-state index is 13.5. The number of nitrogens with one attached hydrogen (secondary N) is 1. The minimum absolute atomic E-state index is 0.420. The lowest BCUT2D eigenvalue weighted by Gasteiger charge is -2.17. The number of benzene rings is 2. The first-order valence-corrected chi connectivity index (χ1v) is 11.5. The fourth-order valence-corrected chi connectivity index (χ4v) is 4.84. The molecule has 3 aromatic rings. The predicted octanol–water partition coefficient (Wildman–Crippen LogP) is 5.80. The predicted molar refractivity (Wildman–Crippen MR) is 122 cm³/mol. The van der Waals surface area contributed by atoms with Crippen molar-refractivity contribution in [3.63, 3.8) is 0 Å². The number of nitro groups is 1. The van der Waals surface area contributed by atoms with Crippen LogP contribution in [0.15, 0.2) is 53.7 Å². The van der Waals surface area contributed by atoms with Crippen molar-refractivity contribution in [1.29, 1.82) is 0 Å². The molecule has 0 aliphatic heterocycles. The molecule has 1 unspecified atom stereocenters. The molecule has 0 saturated heterocycles. The number of amides is 1. The van der Waals surface area contributed by atoms with Crippen molar-refractivity contribution in [3.05, 3.63) is 75.6 Å². The summed E-state index contributed by atoms with van der Waals surface area (Å²) in [6.07, 6.45) is -1.11. The van der Waals surface area contributed by atoms with Crippen molar-refractivity contribution in [3.8, 4) is 5.69 Å². The number of fused-ring (bicyclic) bond motifs is 1. The molecule has 0 radical (unpaired) electrons. The highest BCUT2D eigenvalue weighted by Gasteiger charge is 2.36. The number of nitrogens with zero attached hydrogens (tertiary/aromatic N) is 3. The maximum absolute atomic E-state index is 13.5. The highest BCUT2D eigenvalue weighted by atomic mass is 32.2. The van der Waals surface area contributed by atoms with Gasteiger partial charge in [0.05, 0.1) is 27.1 Å². The summed E-state index contributed by atoms with van der Waals surface area (Å²) in [7, 11) is 0. The molecule has 0 spiro atoms.